The van der Waals surface area contributed by atoms with Gasteiger partial charge in [0.05, 0.1) is 13.2 Å². The minimum Gasteiger partial charge on any atom is -0.462 e. The van der Waals surface area contributed by atoms with Crippen molar-refractivity contribution in [1.82, 2.24) is 0 Å². The lowest BCUT2D eigenvalue weighted by atomic mass is 9.94. The average molecular weight is 759 g/mol. The highest BCUT2D eigenvalue weighted by Gasteiger charge is 2.57. The normalized spacial score (nSPS) is 23.0. The minimum atomic E-state index is -4.90. The summed E-state index contributed by atoms with van der Waals surface area (Å²) in [6, 6.07) is 16.6. The lowest BCUT2D eigenvalue weighted by Crippen LogP contribution is -2.65. The Balaban J connectivity index is 2.11. The molecule has 1 aliphatic heterocycles. The molecule has 2 aromatic rings. The largest absolute Gasteiger partial charge is 0.462 e. The summed E-state index contributed by atoms with van der Waals surface area (Å²) in [5.41, 5.74) is 0.994. The Labute approximate surface area is 293 Å². The van der Waals surface area contributed by atoms with Crippen molar-refractivity contribution in [3.8, 4) is 0 Å². The van der Waals surface area contributed by atoms with E-state index < -0.39 is 101 Å². The van der Waals surface area contributed by atoms with E-state index in [2.05, 4.69) is 0 Å². The van der Waals surface area contributed by atoms with Crippen LogP contribution < -0.4 is 0 Å². The lowest BCUT2D eigenvalue weighted by Gasteiger charge is -2.46. The quantitative estimate of drug-likeness (QED) is 0.138. The third-order valence-corrected chi connectivity index (χ3v) is 11.1. The number of hydrogen-bond donors (Lipinski definition) is 1. The highest BCUT2D eigenvalue weighted by atomic mass is 31.2. The van der Waals surface area contributed by atoms with Gasteiger partial charge in [0.25, 0.3) is 0 Å². The number of carbonyl (C=O) groups is 5. The fraction of sp³-hybridized carbons (Fsp3) is 0.469. The van der Waals surface area contributed by atoms with Crippen molar-refractivity contribution >= 4 is 45.0 Å². The molecule has 0 bridgehead atoms. The maximum atomic E-state index is 14.5. The summed E-state index contributed by atoms with van der Waals surface area (Å²) in [6.07, 6.45) is -10.8. The van der Waals surface area contributed by atoms with Gasteiger partial charge in [-0.15, -0.1) is 0 Å². The second-order valence-electron chi connectivity index (χ2n) is 11.2. The smallest absolute Gasteiger partial charge is 0.345 e. The molecule has 19 heteroatoms. The molecule has 0 aliphatic carbocycles. The Kier molecular flexibility index (Phi) is 15.5. The van der Waals surface area contributed by atoms with Crippen molar-refractivity contribution in [2.24, 2.45) is 0 Å². The molecule has 280 valence electrons. The Bertz CT molecular complexity index is 1600. The van der Waals surface area contributed by atoms with E-state index in [4.69, 9.17) is 42.0 Å². The highest BCUT2D eigenvalue weighted by Crippen LogP contribution is 2.63. The Hall–Kier alpha value is -3.95. The van der Waals surface area contributed by atoms with Gasteiger partial charge in [0.15, 0.2) is 30.3 Å². The SMILES string of the molecule is CC(=O)OC[C@@H](OC(C)=O)C1O[C@@H](OP(=O)(CP(=O)(O)OCc2ccccc2)OCc2ccccc2)C(OC(C)=O)C(OC(C)=O)[C@@H]1OC(C)=O. The van der Waals surface area contributed by atoms with Gasteiger partial charge >= 0.3 is 45.0 Å². The van der Waals surface area contributed by atoms with Crippen molar-refractivity contribution in [2.75, 3.05) is 12.5 Å². The van der Waals surface area contributed by atoms with Crippen LogP contribution in [0.4, 0.5) is 0 Å². The van der Waals surface area contributed by atoms with Gasteiger partial charge in [0.1, 0.15) is 12.7 Å². The van der Waals surface area contributed by atoms with E-state index in [1.54, 1.807) is 60.7 Å². The van der Waals surface area contributed by atoms with Gasteiger partial charge in [-0.1, -0.05) is 60.7 Å². The summed E-state index contributed by atoms with van der Waals surface area (Å²) in [5, 5.41) is 0. The number of hydrogen-bond acceptors (Lipinski definition) is 16. The highest BCUT2D eigenvalue weighted by molar-refractivity contribution is 7.70. The second-order valence-corrected chi connectivity index (χ2v) is 15.5. The molecule has 1 fully saturated rings. The predicted molar refractivity (Wildman–Crippen MR) is 173 cm³/mol. The van der Waals surface area contributed by atoms with Crippen LogP contribution in [0.2, 0.25) is 0 Å². The minimum absolute atomic E-state index is 0.357. The van der Waals surface area contributed by atoms with Gasteiger partial charge in [-0.25, -0.2) is 0 Å². The van der Waals surface area contributed by atoms with Crippen LogP contribution in [-0.2, 0) is 88.3 Å². The van der Waals surface area contributed by atoms with E-state index in [9.17, 15) is 38.0 Å². The molecule has 0 radical (unpaired) electrons. The van der Waals surface area contributed by atoms with Crippen molar-refractivity contribution < 1.29 is 80.0 Å². The summed E-state index contributed by atoms with van der Waals surface area (Å²) >= 11 is 0. The number of benzene rings is 2. The fourth-order valence-electron chi connectivity index (χ4n) is 4.82. The molecule has 0 saturated carbocycles. The lowest BCUT2D eigenvalue weighted by molar-refractivity contribution is -0.300. The van der Waals surface area contributed by atoms with E-state index in [1.807, 2.05) is 0 Å². The third kappa shape index (κ3) is 13.9. The van der Waals surface area contributed by atoms with E-state index >= 15 is 0 Å². The van der Waals surface area contributed by atoms with Crippen LogP contribution in [0.25, 0.3) is 0 Å². The first-order valence-electron chi connectivity index (χ1n) is 15.4. The molecule has 0 spiro atoms. The zero-order chi connectivity index (χ0) is 37.8. The standard InChI is InChI=1S/C32H40O17P2/c1-20(33)41-18-27(44-21(2)34)28-29(45-22(3)35)30(46-23(4)36)31(47-24(5)37)32(48-28)49-51(40,43-17-26-14-10-7-11-15-26)19-50(38,39)42-16-25-12-8-6-9-13-25/h6-15,27-32H,16-19H2,1-5H3,(H,38,39)/t27-,28?,29-,30?,31?,32+,51?/m1/s1. The molecule has 8 atom stereocenters. The van der Waals surface area contributed by atoms with Crippen molar-refractivity contribution in [3.63, 3.8) is 0 Å². The van der Waals surface area contributed by atoms with E-state index in [1.165, 1.54) is 0 Å². The first-order chi connectivity index (χ1) is 24.0. The molecule has 2 aromatic carbocycles. The first-order valence-corrected chi connectivity index (χ1v) is 18.9. The van der Waals surface area contributed by atoms with Crippen LogP contribution in [0.15, 0.2) is 60.7 Å². The average Bonchev–Trinajstić information content (AvgIpc) is 3.04. The summed E-state index contributed by atoms with van der Waals surface area (Å²) in [7, 11) is -9.71. The zero-order valence-corrected chi connectivity index (χ0v) is 30.2. The Morgan fingerprint density at radius 1 is 0.686 bits per heavy atom. The van der Waals surface area contributed by atoms with E-state index in [-0.39, 0.29) is 6.61 Å². The maximum Gasteiger partial charge on any atom is 0.345 e. The number of ether oxygens (including phenoxy) is 6. The Morgan fingerprint density at radius 3 is 1.67 bits per heavy atom. The van der Waals surface area contributed by atoms with Crippen LogP contribution in [0, 0.1) is 0 Å². The van der Waals surface area contributed by atoms with Gasteiger partial charge in [-0.05, 0) is 11.1 Å². The van der Waals surface area contributed by atoms with E-state index in [0.29, 0.717) is 11.1 Å². The van der Waals surface area contributed by atoms with Gasteiger partial charge in [0, 0.05) is 34.6 Å². The summed E-state index contributed by atoms with van der Waals surface area (Å²) in [4.78, 5) is 71.8. The number of esters is 5. The van der Waals surface area contributed by atoms with Crippen molar-refractivity contribution in [1.29, 1.82) is 0 Å². The number of carbonyl (C=O) groups excluding carboxylic acids is 5. The Morgan fingerprint density at radius 2 is 1.18 bits per heavy atom. The molecule has 5 unspecified atom stereocenters. The summed E-state index contributed by atoms with van der Waals surface area (Å²) in [5.74, 6) is -5.88. The molecule has 0 amide bonds. The van der Waals surface area contributed by atoms with Gasteiger partial charge in [0.2, 0.25) is 6.29 Å². The van der Waals surface area contributed by atoms with Crippen LogP contribution in [0.5, 0.6) is 0 Å². The maximum absolute atomic E-state index is 14.5. The monoisotopic (exact) mass is 758 g/mol. The molecular weight excluding hydrogens is 718 g/mol. The van der Waals surface area contributed by atoms with Crippen LogP contribution in [-0.4, -0.2) is 84.1 Å². The molecule has 1 heterocycles. The predicted octanol–water partition coefficient (Wildman–Crippen LogP) is 3.79. The van der Waals surface area contributed by atoms with Crippen LogP contribution in [0.3, 0.4) is 0 Å². The third-order valence-electron chi connectivity index (χ3n) is 6.73. The molecule has 51 heavy (non-hydrogen) atoms. The molecular formula is C32H40O17P2. The van der Waals surface area contributed by atoms with Gasteiger partial charge in [-0.2, -0.15) is 0 Å². The fourth-order valence-corrected chi connectivity index (χ4v) is 8.73. The molecule has 3 rings (SSSR count). The molecule has 1 saturated heterocycles. The van der Waals surface area contributed by atoms with Gasteiger partial charge in [-0.3, -0.25) is 37.6 Å². The van der Waals surface area contributed by atoms with Crippen LogP contribution in [0.1, 0.15) is 45.7 Å². The van der Waals surface area contributed by atoms with Gasteiger partial charge < -0.3 is 42.4 Å². The molecule has 1 aliphatic rings. The van der Waals surface area contributed by atoms with E-state index in [0.717, 1.165) is 34.6 Å². The molecule has 0 aromatic heterocycles. The summed E-state index contributed by atoms with van der Waals surface area (Å²) in [6.45, 7) is 3.58. The first kappa shape index (κ1) is 41.5. The molecule has 1 N–H and O–H groups in total. The van der Waals surface area contributed by atoms with Crippen LogP contribution >= 0.6 is 15.2 Å². The number of rotatable bonds is 17. The molecule has 17 nitrogen and oxygen atoms in total. The zero-order valence-electron chi connectivity index (χ0n) is 28.4. The topological polar surface area (TPSA) is 223 Å². The second kappa shape index (κ2) is 19.0. The summed E-state index contributed by atoms with van der Waals surface area (Å²) < 4.78 is 77.3. The van der Waals surface area contributed by atoms with Crippen molar-refractivity contribution in [2.45, 2.75) is 84.6 Å². The van der Waals surface area contributed by atoms with Crippen molar-refractivity contribution in [3.05, 3.63) is 71.8 Å².